The highest BCUT2D eigenvalue weighted by Gasteiger charge is 2.16. The van der Waals surface area contributed by atoms with E-state index in [1.807, 2.05) is 6.07 Å². The molecule has 0 atom stereocenters. The Morgan fingerprint density at radius 3 is 2.69 bits per heavy atom. The van der Waals surface area contributed by atoms with E-state index in [9.17, 15) is 18.0 Å². The number of rotatable bonds is 9. The Bertz CT molecular complexity index is 1390. The van der Waals surface area contributed by atoms with Gasteiger partial charge in [0.25, 0.3) is 0 Å². The van der Waals surface area contributed by atoms with Gasteiger partial charge in [0.1, 0.15) is 5.76 Å². The Balaban J connectivity index is 1.34. The molecule has 0 radical (unpaired) electrons. The van der Waals surface area contributed by atoms with Crippen LogP contribution >= 0.6 is 0 Å². The Kier molecular flexibility index (Phi) is 6.24. The number of fused-ring (bicyclic) bond motifs is 1. The van der Waals surface area contributed by atoms with E-state index in [0.29, 0.717) is 35.5 Å². The largest absolute Gasteiger partial charge is 0.468 e. The molecular weight excluding hydrogens is 434 g/mol. The quantitative estimate of drug-likeness (QED) is 0.400. The molecule has 0 unspecified atom stereocenters. The minimum absolute atomic E-state index is 0.0218. The van der Waals surface area contributed by atoms with Gasteiger partial charge in [0.05, 0.1) is 23.2 Å². The minimum atomic E-state index is -3.78. The topological polar surface area (TPSA) is 124 Å². The summed E-state index contributed by atoms with van der Waals surface area (Å²) in [7, 11) is -3.78. The number of sulfonamides is 1. The third-order valence-electron chi connectivity index (χ3n) is 4.80. The maximum Gasteiger partial charge on any atom is 0.419 e. The van der Waals surface area contributed by atoms with Gasteiger partial charge in [-0.05, 0) is 48.9 Å². The first kappa shape index (κ1) is 21.6. The van der Waals surface area contributed by atoms with E-state index in [2.05, 4.69) is 10.0 Å². The van der Waals surface area contributed by atoms with Crippen molar-refractivity contribution in [1.29, 1.82) is 0 Å². The lowest BCUT2D eigenvalue weighted by Crippen LogP contribution is -2.23. The Morgan fingerprint density at radius 1 is 1.03 bits per heavy atom. The molecule has 1 amide bonds. The molecule has 2 aromatic carbocycles. The molecule has 9 nitrogen and oxygen atoms in total. The summed E-state index contributed by atoms with van der Waals surface area (Å²) in [6.45, 7) is 0.350. The van der Waals surface area contributed by atoms with Crippen LogP contribution in [0.2, 0.25) is 0 Å². The van der Waals surface area contributed by atoms with E-state index in [-0.39, 0.29) is 23.8 Å². The van der Waals surface area contributed by atoms with E-state index in [1.54, 1.807) is 42.5 Å². The summed E-state index contributed by atoms with van der Waals surface area (Å²) in [6.07, 6.45) is 2.03. The second-order valence-electron chi connectivity index (χ2n) is 7.07. The molecule has 10 heteroatoms. The van der Waals surface area contributed by atoms with Crippen molar-refractivity contribution in [3.05, 3.63) is 83.2 Å². The third-order valence-corrected chi connectivity index (χ3v) is 6.20. The summed E-state index contributed by atoms with van der Waals surface area (Å²) in [5.74, 6) is -0.266. The second-order valence-corrected chi connectivity index (χ2v) is 8.84. The van der Waals surface area contributed by atoms with E-state index < -0.39 is 15.8 Å². The Hall–Kier alpha value is -3.63. The first-order valence-corrected chi connectivity index (χ1v) is 11.4. The van der Waals surface area contributed by atoms with Crippen LogP contribution in [-0.2, 0) is 27.9 Å². The summed E-state index contributed by atoms with van der Waals surface area (Å²) in [5.41, 5.74) is 1.54. The second kappa shape index (κ2) is 9.25. The van der Waals surface area contributed by atoms with Gasteiger partial charge in [-0.2, -0.15) is 0 Å². The molecule has 0 aliphatic heterocycles. The highest BCUT2D eigenvalue weighted by molar-refractivity contribution is 7.89. The smallest absolute Gasteiger partial charge is 0.419 e. The van der Waals surface area contributed by atoms with Gasteiger partial charge < -0.3 is 14.2 Å². The lowest BCUT2D eigenvalue weighted by Gasteiger charge is -2.09. The first-order valence-electron chi connectivity index (χ1n) is 9.93. The number of hydrogen-bond acceptors (Lipinski definition) is 6. The summed E-state index contributed by atoms with van der Waals surface area (Å²) in [5, 5.41) is 2.70. The molecule has 2 N–H and O–H groups in total. The number of carbonyl (C=O) groups is 1. The molecule has 0 spiro atoms. The van der Waals surface area contributed by atoms with Gasteiger partial charge in [-0.1, -0.05) is 18.2 Å². The van der Waals surface area contributed by atoms with E-state index in [1.165, 1.54) is 23.0 Å². The SMILES string of the molecule is O=C(CCCn1c(=O)oc2ccccc21)Nc1cccc(S(=O)(=O)NCc2ccco2)c1. The number of oxazole rings is 1. The number of benzene rings is 2. The Morgan fingerprint density at radius 2 is 1.88 bits per heavy atom. The van der Waals surface area contributed by atoms with Gasteiger partial charge >= 0.3 is 5.76 Å². The van der Waals surface area contributed by atoms with Crippen LogP contribution in [0.1, 0.15) is 18.6 Å². The standard InChI is InChI=1S/C22H21N3O6S/c26-21(11-4-12-25-19-9-1-2-10-20(19)31-22(25)27)24-16-6-3-8-18(14-16)32(28,29)23-15-17-7-5-13-30-17/h1-3,5-10,13-14,23H,4,11-12,15H2,(H,24,26). The van der Waals surface area contributed by atoms with E-state index >= 15 is 0 Å². The summed E-state index contributed by atoms with van der Waals surface area (Å²) in [4.78, 5) is 24.4. The minimum Gasteiger partial charge on any atom is -0.468 e. The lowest BCUT2D eigenvalue weighted by molar-refractivity contribution is -0.116. The van der Waals surface area contributed by atoms with Crippen LogP contribution in [0.15, 0.2) is 85.5 Å². The zero-order valence-electron chi connectivity index (χ0n) is 17.0. The molecule has 0 fully saturated rings. The highest BCUT2D eigenvalue weighted by atomic mass is 32.2. The fourth-order valence-corrected chi connectivity index (χ4v) is 4.29. The summed E-state index contributed by atoms with van der Waals surface area (Å²) in [6, 6.07) is 16.4. The Labute approximate surface area is 183 Å². The molecule has 0 saturated heterocycles. The number of carbonyl (C=O) groups excluding carboxylic acids is 1. The van der Waals surface area contributed by atoms with Gasteiger partial charge in [-0.15, -0.1) is 0 Å². The number of aryl methyl sites for hydroxylation is 1. The number of amides is 1. The normalized spacial score (nSPS) is 11.6. The predicted octanol–water partition coefficient (Wildman–Crippen LogP) is 3.08. The number of nitrogens with one attached hydrogen (secondary N) is 2. The third kappa shape index (κ3) is 4.98. The number of hydrogen-bond donors (Lipinski definition) is 2. The lowest BCUT2D eigenvalue weighted by atomic mass is 10.2. The number of nitrogens with zero attached hydrogens (tertiary/aromatic N) is 1. The predicted molar refractivity (Wildman–Crippen MR) is 118 cm³/mol. The maximum atomic E-state index is 12.5. The zero-order chi connectivity index (χ0) is 22.6. The van der Waals surface area contributed by atoms with Crippen molar-refractivity contribution in [2.45, 2.75) is 30.8 Å². The van der Waals surface area contributed by atoms with Crippen molar-refractivity contribution < 1.29 is 22.0 Å². The number of para-hydroxylation sites is 2. The molecule has 0 aliphatic carbocycles. The fraction of sp³-hybridized carbons (Fsp3) is 0.182. The molecule has 4 aromatic rings. The molecular formula is C22H21N3O6S. The van der Waals surface area contributed by atoms with Gasteiger partial charge in [-0.25, -0.2) is 17.9 Å². The number of furan rings is 1. The van der Waals surface area contributed by atoms with Gasteiger partial charge in [-0.3, -0.25) is 9.36 Å². The van der Waals surface area contributed by atoms with Crippen molar-refractivity contribution >= 4 is 32.7 Å². The fourth-order valence-electron chi connectivity index (χ4n) is 3.25. The van der Waals surface area contributed by atoms with Gasteiger partial charge in [0.15, 0.2) is 5.58 Å². The van der Waals surface area contributed by atoms with Crippen molar-refractivity contribution in [3.8, 4) is 0 Å². The van der Waals surface area contributed by atoms with Crippen molar-refractivity contribution in [1.82, 2.24) is 9.29 Å². The number of anilines is 1. The van der Waals surface area contributed by atoms with Crippen molar-refractivity contribution in [2.24, 2.45) is 0 Å². The van der Waals surface area contributed by atoms with Crippen LogP contribution in [0, 0.1) is 0 Å². The molecule has 2 aromatic heterocycles. The molecule has 2 heterocycles. The summed E-state index contributed by atoms with van der Waals surface area (Å²) < 4.78 is 39.2. The van der Waals surface area contributed by atoms with Gasteiger partial charge in [0, 0.05) is 18.7 Å². The number of aromatic nitrogens is 1. The summed E-state index contributed by atoms with van der Waals surface area (Å²) >= 11 is 0. The van der Waals surface area contributed by atoms with Crippen LogP contribution in [0.25, 0.3) is 11.1 Å². The first-order chi connectivity index (χ1) is 15.4. The molecule has 0 saturated carbocycles. The van der Waals surface area contributed by atoms with Gasteiger partial charge in [0.2, 0.25) is 15.9 Å². The molecule has 166 valence electrons. The average Bonchev–Trinajstić information content (AvgIpc) is 3.40. The van der Waals surface area contributed by atoms with Crippen LogP contribution in [-0.4, -0.2) is 18.9 Å². The van der Waals surface area contributed by atoms with E-state index in [4.69, 9.17) is 8.83 Å². The van der Waals surface area contributed by atoms with Crippen LogP contribution in [0.5, 0.6) is 0 Å². The molecule has 0 bridgehead atoms. The van der Waals surface area contributed by atoms with Crippen molar-refractivity contribution in [3.63, 3.8) is 0 Å². The molecule has 4 rings (SSSR count). The van der Waals surface area contributed by atoms with Crippen LogP contribution in [0.3, 0.4) is 0 Å². The highest BCUT2D eigenvalue weighted by Crippen LogP contribution is 2.17. The zero-order valence-corrected chi connectivity index (χ0v) is 17.8. The van der Waals surface area contributed by atoms with Crippen LogP contribution < -0.4 is 15.8 Å². The maximum absolute atomic E-state index is 12.5. The molecule has 32 heavy (non-hydrogen) atoms. The average molecular weight is 455 g/mol. The van der Waals surface area contributed by atoms with Crippen molar-refractivity contribution in [2.75, 3.05) is 5.32 Å². The monoisotopic (exact) mass is 455 g/mol. The molecule has 0 aliphatic rings. The van der Waals surface area contributed by atoms with Crippen LogP contribution in [0.4, 0.5) is 5.69 Å². The van der Waals surface area contributed by atoms with E-state index in [0.717, 1.165) is 0 Å².